The Balaban J connectivity index is 2.21. The summed E-state index contributed by atoms with van der Waals surface area (Å²) < 4.78 is 0. The van der Waals surface area contributed by atoms with Crippen LogP contribution in [0.15, 0.2) is 0 Å². The van der Waals surface area contributed by atoms with Gasteiger partial charge in [0.05, 0.1) is 0 Å². The van der Waals surface area contributed by atoms with Crippen LogP contribution in [0.5, 0.6) is 0 Å². The Hall–Kier alpha value is -1.32. The van der Waals surface area contributed by atoms with E-state index in [2.05, 4.69) is 43.0 Å². The number of hydrogen-bond donors (Lipinski definition) is 2. The van der Waals surface area contributed by atoms with Gasteiger partial charge in [-0.1, -0.05) is 34.1 Å². The fourth-order valence-electron chi connectivity index (χ4n) is 2.30. The third-order valence-electron chi connectivity index (χ3n) is 4.10. The summed E-state index contributed by atoms with van der Waals surface area (Å²) in [6.07, 6.45) is 3.94. The lowest BCUT2D eigenvalue weighted by molar-refractivity contribution is 0.179. The number of hydrogen-bond acceptors (Lipinski definition) is 4. The maximum Gasteiger partial charge on any atom is 0.138 e. The van der Waals surface area contributed by atoms with Crippen LogP contribution >= 0.6 is 0 Å². The van der Waals surface area contributed by atoms with E-state index >= 15 is 0 Å². The van der Waals surface area contributed by atoms with Gasteiger partial charge < -0.3 is 11.1 Å². The minimum absolute atomic E-state index is 0.0847. The Kier molecular flexibility index (Phi) is 3.45. The lowest BCUT2D eigenvalue weighted by Gasteiger charge is -2.38. The Morgan fingerprint density at radius 2 is 1.89 bits per heavy atom. The first-order valence-corrected chi connectivity index (χ1v) is 7.10. The predicted octanol–water partition coefficient (Wildman–Crippen LogP) is 3.27. The monoisotopic (exact) mass is 262 g/mol. The van der Waals surface area contributed by atoms with Crippen molar-refractivity contribution in [1.29, 1.82) is 0 Å². The van der Waals surface area contributed by atoms with Gasteiger partial charge in [-0.2, -0.15) is 0 Å². The van der Waals surface area contributed by atoms with Crippen molar-refractivity contribution >= 4 is 11.6 Å². The standard InChI is InChI=1S/C15H26N4/c1-10-11(16)18-13(14(2,3)4)19-12(10)17-9-15(5)7-6-8-15/h6-9H2,1-5H3,(H3,16,17,18,19). The second-order valence-electron chi connectivity index (χ2n) is 7.17. The van der Waals surface area contributed by atoms with Gasteiger partial charge in [-0.15, -0.1) is 0 Å². The van der Waals surface area contributed by atoms with Gasteiger partial charge in [-0.05, 0) is 25.2 Å². The highest BCUT2D eigenvalue weighted by atomic mass is 15.1. The van der Waals surface area contributed by atoms with Gasteiger partial charge >= 0.3 is 0 Å². The normalized spacial score (nSPS) is 17.9. The van der Waals surface area contributed by atoms with Gasteiger partial charge in [0.25, 0.3) is 0 Å². The maximum atomic E-state index is 6.01. The van der Waals surface area contributed by atoms with Crippen molar-refractivity contribution in [2.75, 3.05) is 17.6 Å². The summed E-state index contributed by atoms with van der Waals surface area (Å²) in [5, 5.41) is 3.48. The van der Waals surface area contributed by atoms with Crippen LogP contribution in [0.3, 0.4) is 0 Å². The quantitative estimate of drug-likeness (QED) is 0.877. The third kappa shape index (κ3) is 2.99. The van der Waals surface area contributed by atoms with Crippen molar-refractivity contribution in [3.8, 4) is 0 Å². The molecule has 1 aromatic heterocycles. The molecule has 4 heteroatoms. The van der Waals surface area contributed by atoms with Crippen LogP contribution < -0.4 is 11.1 Å². The van der Waals surface area contributed by atoms with E-state index in [0.29, 0.717) is 11.2 Å². The Morgan fingerprint density at radius 3 is 2.37 bits per heavy atom. The molecular formula is C15H26N4. The Bertz CT molecular complexity index is 470. The first-order chi connectivity index (χ1) is 8.71. The van der Waals surface area contributed by atoms with E-state index in [1.54, 1.807) is 0 Å². The zero-order valence-electron chi connectivity index (χ0n) is 12.8. The smallest absolute Gasteiger partial charge is 0.138 e. The van der Waals surface area contributed by atoms with Gasteiger partial charge in [0.1, 0.15) is 17.5 Å². The zero-order valence-corrected chi connectivity index (χ0v) is 12.8. The number of rotatable bonds is 3. The topological polar surface area (TPSA) is 63.8 Å². The number of anilines is 2. The molecule has 1 aliphatic rings. The van der Waals surface area contributed by atoms with Crippen molar-refractivity contribution in [1.82, 2.24) is 9.97 Å². The zero-order chi connectivity index (χ0) is 14.3. The van der Waals surface area contributed by atoms with E-state index in [4.69, 9.17) is 5.73 Å². The molecule has 1 heterocycles. The van der Waals surface area contributed by atoms with Crippen molar-refractivity contribution in [3.63, 3.8) is 0 Å². The minimum Gasteiger partial charge on any atom is -0.383 e. The van der Waals surface area contributed by atoms with Crippen LogP contribution in [0.4, 0.5) is 11.6 Å². The molecule has 2 rings (SSSR count). The van der Waals surface area contributed by atoms with Crippen molar-refractivity contribution in [2.45, 2.75) is 59.3 Å². The van der Waals surface area contributed by atoms with E-state index in [1.807, 2.05) is 6.92 Å². The molecule has 0 aromatic carbocycles. The van der Waals surface area contributed by atoms with Crippen molar-refractivity contribution < 1.29 is 0 Å². The molecule has 0 unspecified atom stereocenters. The molecule has 1 fully saturated rings. The molecular weight excluding hydrogens is 236 g/mol. The second kappa shape index (κ2) is 4.66. The molecule has 0 bridgehead atoms. The van der Waals surface area contributed by atoms with Crippen LogP contribution in [0.2, 0.25) is 0 Å². The van der Waals surface area contributed by atoms with Gasteiger partial charge in [-0.3, -0.25) is 0 Å². The highest BCUT2D eigenvalue weighted by Crippen LogP contribution is 2.40. The summed E-state index contributed by atoms with van der Waals surface area (Å²) in [4.78, 5) is 9.07. The molecule has 0 atom stereocenters. The highest BCUT2D eigenvalue weighted by molar-refractivity contribution is 5.55. The van der Waals surface area contributed by atoms with E-state index < -0.39 is 0 Å². The molecule has 0 amide bonds. The summed E-state index contributed by atoms with van der Waals surface area (Å²) in [6, 6.07) is 0. The Morgan fingerprint density at radius 1 is 1.26 bits per heavy atom. The molecule has 0 aliphatic heterocycles. The first kappa shape index (κ1) is 14.1. The summed E-state index contributed by atoms with van der Waals surface area (Å²) in [7, 11) is 0. The van der Waals surface area contributed by atoms with Gasteiger partial charge in [0, 0.05) is 17.5 Å². The number of nitrogens with two attached hydrogens (primary N) is 1. The van der Waals surface area contributed by atoms with E-state index in [1.165, 1.54) is 19.3 Å². The van der Waals surface area contributed by atoms with Crippen LogP contribution in [0.1, 0.15) is 58.3 Å². The minimum atomic E-state index is -0.0847. The van der Waals surface area contributed by atoms with Crippen molar-refractivity contribution in [3.05, 3.63) is 11.4 Å². The summed E-state index contributed by atoms with van der Waals surface area (Å²) in [5.41, 5.74) is 7.31. The number of nitrogen functional groups attached to an aromatic ring is 1. The molecule has 0 spiro atoms. The molecule has 3 N–H and O–H groups in total. The number of nitrogens with zero attached hydrogens (tertiary/aromatic N) is 2. The summed E-state index contributed by atoms with van der Waals surface area (Å²) in [6.45, 7) is 11.6. The third-order valence-corrected chi connectivity index (χ3v) is 4.10. The molecule has 1 aliphatic carbocycles. The first-order valence-electron chi connectivity index (χ1n) is 7.10. The van der Waals surface area contributed by atoms with E-state index in [0.717, 1.165) is 23.8 Å². The summed E-state index contributed by atoms with van der Waals surface area (Å²) in [5.74, 6) is 2.28. The van der Waals surface area contributed by atoms with E-state index in [-0.39, 0.29) is 5.41 Å². The van der Waals surface area contributed by atoms with Gasteiger partial charge in [-0.25, -0.2) is 9.97 Å². The van der Waals surface area contributed by atoms with Crippen LogP contribution in [0, 0.1) is 12.3 Å². The highest BCUT2D eigenvalue weighted by Gasteiger charge is 2.31. The van der Waals surface area contributed by atoms with Crippen LogP contribution in [-0.2, 0) is 5.41 Å². The number of nitrogens with one attached hydrogen (secondary N) is 1. The molecule has 0 radical (unpaired) electrons. The number of aromatic nitrogens is 2. The van der Waals surface area contributed by atoms with Crippen LogP contribution in [0.25, 0.3) is 0 Å². The summed E-state index contributed by atoms with van der Waals surface area (Å²) >= 11 is 0. The largest absolute Gasteiger partial charge is 0.383 e. The molecule has 19 heavy (non-hydrogen) atoms. The fraction of sp³-hybridized carbons (Fsp3) is 0.733. The maximum absolute atomic E-state index is 6.01. The molecule has 106 valence electrons. The Labute approximate surface area is 116 Å². The predicted molar refractivity (Wildman–Crippen MR) is 80.3 cm³/mol. The fourth-order valence-corrected chi connectivity index (χ4v) is 2.30. The average Bonchev–Trinajstić information content (AvgIpc) is 2.27. The lowest BCUT2D eigenvalue weighted by Crippen LogP contribution is -2.34. The SMILES string of the molecule is Cc1c(N)nc(C(C)(C)C)nc1NCC1(C)CCC1. The molecule has 1 saturated carbocycles. The lowest BCUT2D eigenvalue weighted by atomic mass is 9.70. The van der Waals surface area contributed by atoms with E-state index in [9.17, 15) is 0 Å². The van der Waals surface area contributed by atoms with Gasteiger partial charge in [0.15, 0.2) is 0 Å². The second-order valence-corrected chi connectivity index (χ2v) is 7.17. The molecule has 1 aromatic rings. The average molecular weight is 262 g/mol. The van der Waals surface area contributed by atoms with Gasteiger partial charge in [0.2, 0.25) is 0 Å². The van der Waals surface area contributed by atoms with Crippen LogP contribution in [-0.4, -0.2) is 16.5 Å². The molecule has 0 saturated heterocycles. The van der Waals surface area contributed by atoms with Crippen molar-refractivity contribution in [2.24, 2.45) is 5.41 Å². The molecule has 4 nitrogen and oxygen atoms in total.